The van der Waals surface area contributed by atoms with Crippen molar-refractivity contribution in [2.24, 2.45) is 0 Å². The van der Waals surface area contributed by atoms with Gasteiger partial charge in [0.2, 0.25) is 35.4 Å². The van der Waals surface area contributed by atoms with Gasteiger partial charge in [0.1, 0.15) is 61.0 Å². The molecule has 6 N–H and O–H groups in total. The zero-order valence-corrected chi connectivity index (χ0v) is 45.3. The zero-order valence-electron chi connectivity index (χ0n) is 42.0. The Bertz CT molecular complexity index is 2710. The molecule has 24 nitrogen and oxygen atoms in total. The Morgan fingerprint density at radius 3 is 1.36 bits per heavy atom. The number of likely N-dealkylation sites (N-methyl/N-ethyl adjacent to an activating group) is 4. The number of hydrogen-bond donors (Lipinski definition) is 6. The minimum atomic E-state index is -1.73. The van der Waals surface area contributed by atoms with E-state index in [1.165, 1.54) is 40.3 Å². The van der Waals surface area contributed by atoms with Crippen LogP contribution < -0.4 is 21.3 Å². The number of nitrogens with one attached hydrogen (secondary N) is 4. The maximum atomic E-state index is 14.7. The first-order valence-corrected chi connectivity index (χ1v) is 28.5. The molecular formula is C48H56N10O14S4. The molecule has 2 aliphatic heterocycles. The number of aromatic hydroxyl groups is 2. The van der Waals surface area contributed by atoms with E-state index in [1.807, 2.05) is 0 Å². The molecule has 28 heteroatoms. The number of fused-ring (bicyclic) bond motifs is 7. The fourth-order valence-electron chi connectivity index (χ4n) is 7.75. The fourth-order valence-corrected chi connectivity index (χ4v) is 11.6. The van der Waals surface area contributed by atoms with Gasteiger partial charge in [-0.25, -0.2) is 19.6 Å². The molecule has 8 amide bonds. The standard InChI is InChI=1S/C48H56N10O14S4/c1-55-31-23-75-76-24-32(46(68)58(4)34(22-74-6)48(70)72-19-29(41(63)49-17-37(55)61)53-43(65)39-35(59)15-25-11-7-9-13-27(25)51-39)56(2)38(62)18-50-42(64)30(20-71-47(69)33(21-73-5)57(3)45(31)67)54-44(66)40-36(60)16-26-12-8-10-14-28(26)52-40/h7-16,29-34,59-60H,17-24H2,1-6H3,(H,49,63)(H,50,64)(H,53,65)(H,54,66)/t29-,30-,31+,32+,33+,34+/m1/s1. The summed E-state index contributed by atoms with van der Waals surface area (Å²) in [5.74, 6) is -10.9. The van der Waals surface area contributed by atoms with Crippen molar-refractivity contribution in [2.45, 2.75) is 36.3 Å². The quantitative estimate of drug-likeness (QED) is 0.0987. The van der Waals surface area contributed by atoms with E-state index < -0.39 is 145 Å². The summed E-state index contributed by atoms with van der Waals surface area (Å²) < 4.78 is 11.2. The number of aromatic nitrogens is 2. The van der Waals surface area contributed by atoms with Crippen LogP contribution in [0.15, 0.2) is 60.7 Å². The average Bonchev–Trinajstić information content (AvgIpc) is 3.41. The molecule has 2 saturated heterocycles. The second-order valence-corrected chi connectivity index (χ2v) is 21.7. The molecule has 2 bridgehead atoms. The lowest BCUT2D eigenvalue weighted by molar-refractivity contribution is -0.157. The second kappa shape index (κ2) is 26.6. The van der Waals surface area contributed by atoms with Gasteiger partial charge in [-0.2, -0.15) is 23.5 Å². The average molecular weight is 1130 g/mol. The van der Waals surface area contributed by atoms with Crippen LogP contribution >= 0.6 is 45.1 Å². The van der Waals surface area contributed by atoms with Crippen LogP contribution in [0.3, 0.4) is 0 Å². The van der Waals surface area contributed by atoms with Crippen molar-refractivity contribution < 1.29 is 67.6 Å². The Labute approximate surface area is 452 Å². The van der Waals surface area contributed by atoms with Crippen LogP contribution in [0, 0.1) is 0 Å². The molecule has 4 heterocycles. The lowest BCUT2D eigenvalue weighted by Gasteiger charge is -2.35. The number of ether oxygens (including phenoxy) is 2. The summed E-state index contributed by atoms with van der Waals surface area (Å²) in [6.45, 7) is -3.23. The van der Waals surface area contributed by atoms with E-state index in [0.717, 1.165) is 64.7 Å². The summed E-state index contributed by atoms with van der Waals surface area (Å²) in [6.07, 6.45) is 3.31. The number of carbonyl (C=O) groups excluding carboxylic acids is 10. The van der Waals surface area contributed by atoms with Gasteiger partial charge in [0.15, 0.2) is 11.4 Å². The highest BCUT2D eigenvalue weighted by Gasteiger charge is 2.40. The Morgan fingerprint density at radius 2 is 0.987 bits per heavy atom. The van der Waals surface area contributed by atoms with Gasteiger partial charge in [0.05, 0.1) is 24.1 Å². The molecule has 2 aromatic carbocycles. The zero-order chi connectivity index (χ0) is 55.4. The molecule has 0 spiro atoms. The lowest BCUT2D eigenvalue weighted by atomic mass is 10.1. The normalized spacial score (nSPS) is 22.6. The number of pyridine rings is 2. The third-order valence-corrected chi connectivity index (χ3v) is 16.0. The van der Waals surface area contributed by atoms with Crippen molar-refractivity contribution >= 4 is 126 Å². The van der Waals surface area contributed by atoms with Gasteiger partial charge in [-0.3, -0.25) is 38.4 Å². The van der Waals surface area contributed by atoms with Crippen molar-refractivity contribution in [1.29, 1.82) is 0 Å². The van der Waals surface area contributed by atoms with E-state index in [-0.39, 0.29) is 23.0 Å². The molecule has 2 aliphatic rings. The number of benzene rings is 2. The van der Waals surface area contributed by atoms with Crippen molar-refractivity contribution in [3.05, 3.63) is 72.1 Å². The minimum Gasteiger partial charge on any atom is -0.505 e. The molecular weight excluding hydrogens is 1070 g/mol. The van der Waals surface area contributed by atoms with Gasteiger partial charge in [-0.15, -0.1) is 0 Å². The smallest absolute Gasteiger partial charge is 0.329 e. The Hall–Kier alpha value is -7.04. The van der Waals surface area contributed by atoms with E-state index >= 15 is 0 Å². The second-order valence-electron chi connectivity index (χ2n) is 17.3. The van der Waals surface area contributed by atoms with Crippen LogP contribution in [-0.4, -0.2) is 225 Å². The fraction of sp³-hybridized carbons (Fsp3) is 0.417. The van der Waals surface area contributed by atoms with E-state index in [0.29, 0.717) is 21.8 Å². The SMILES string of the molecule is CSC[C@H]1C(=O)OC[C@@H](NC(=O)c2nc3ccccc3cc2O)C(=O)NCC(=O)N(C)[C@H]2CSSC[C@@H](C(=O)N1C)N(C)C(=O)CNC(=O)[C@H](NC(=O)c1nc3ccccc3cc1O)COC(=O)[C@H](CSC)N(C)C2=O. The summed E-state index contributed by atoms with van der Waals surface area (Å²) in [7, 11) is 7.26. The number of nitrogens with zero attached hydrogens (tertiary/aromatic N) is 6. The van der Waals surface area contributed by atoms with Gasteiger partial charge in [-0.1, -0.05) is 58.0 Å². The molecule has 0 unspecified atom stereocenters. The molecule has 76 heavy (non-hydrogen) atoms. The molecule has 0 radical (unpaired) electrons. The van der Waals surface area contributed by atoms with Gasteiger partial charge in [0, 0.05) is 62.0 Å². The predicted octanol–water partition coefficient (Wildman–Crippen LogP) is -0.147. The largest absolute Gasteiger partial charge is 0.505 e. The number of hydrogen-bond acceptors (Lipinski definition) is 20. The van der Waals surface area contributed by atoms with E-state index in [4.69, 9.17) is 9.47 Å². The lowest BCUT2D eigenvalue weighted by Crippen LogP contribution is -2.58. The van der Waals surface area contributed by atoms with Gasteiger partial charge in [0.25, 0.3) is 11.8 Å². The minimum absolute atomic E-state index is 0.0542. The Kier molecular flexibility index (Phi) is 20.4. The molecule has 6 rings (SSSR count). The molecule has 2 aromatic heterocycles. The molecule has 0 saturated carbocycles. The third-order valence-electron chi connectivity index (χ3n) is 12.3. The van der Waals surface area contributed by atoms with Crippen LogP contribution in [0.2, 0.25) is 0 Å². The number of carbonyl (C=O) groups is 10. The summed E-state index contributed by atoms with van der Waals surface area (Å²) in [5, 5.41) is 32.2. The Morgan fingerprint density at radius 1 is 0.618 bits per heavy atom. The summed E-state index contributed by atoms with van der Waals surface area (Å²) >= 11 is 2.32. The van der Waals surface area contributed by atoms with Crippen LogP contribution in [0.25, 0.3) is 21.8 Å². The van der Waals surface area contributed by atoms with Crippen LogP contribution in [0.5, 0.6) is 11.5 Å². The first-order chi connectivity index (χ1) is 36.2. The van der Waals surface area contributed by atoms with Crippen LogP contribution in [0.4, 0.5) is 0 Å². The highest BCUT2D eigenvalue weighted by Crippen LogP contribution is 2.29. The molecule has 406 valence electrons. The molecule has 4 aromatic rings. The van der Waals surface area contributed by atoms with Gasteiger partial charge in [-0.05, 0) is 36.8 Å². The number of amides is 8. The van der Waals surface area contributed by atoms with E-state index in [2.05, 4.69) is 31.2 Å². The topological polar surface area (TPSA) is 316 Å². The van der Waals surface area contributed by atoms with Crippen LogP contribution in [-0.2, 0) is 47.8 Å². The number of thioether (sulfide) groups is 2. The van der Waals surface area contributed by atoms with Crippen molar-refractivity contribution in [1.82, 2.24) is 50.8 Å². The van der Waals surface area contributed by atoms with Gasteiger partial charge < -0.3 is 60.6 Å². The predicted molar refractivity (Wildman–Crippen MR) is 285 cm³/mol. The maximum Gasteiger partial charge on any atom is 0.329 e. The first-order valence-electron chi connectivity index (χ1n) is 23.2. The Balaban J connectivity index is 1.36. The highest BCUT2D eigenvalue weighted by molar-refractivity contribution is 8.76. The van der Waals surface area contributed by atoms with Crippen molar-refractivity contribution in [2.75, 3.05) is 90.0 Å². The first kappa shape index (κ1) is 58.2. The number of para-hydroxylation sites is 2. The molecule has 6 atom stereocenters. The third kappa shape index (κ3) is 14.1. The van der Waals surface area contributed by atoms with E-state index in [9.17, 15) is 58.2 Å². The highest BCUT2D eigenvalue weighted by atomic mass is 33.1. The summed E-state index contributed by atoms with van der Waals surface area (Å²) in [6, 6.07) is 6.91. The summed E-state index contributed by atoms with van der Waals surface area (Å²) in [5.41, 5.74) is -0.273. The van der Waals surface area contributed by atoms with E-state index in [1.54, 1.807) is 61.0 Å². The van der Waals surface area contributed by atoms with Crippen LogP contribution in [0.1, 0.15) is 21.0 Å². The summed E-state index contributed by atoms with van der Waals surface area (Å²) in [4.78, 5) is 153. The van der Waals surface area contributed by atoms with Crippen molar-refractivity contribution in [3.8, 4) is 11.5 Å². The number of rotatable bonds is 8. The van der Waals surface area contributed by atoms with Gasteiger partial charge >= 0.3 is 11.9 Å². The maximum absolute atomic E-state index is 14.7. The number of cyclic esters (lactones) is 2. The monoisotopic (exact) mass is 1120 g/mol. The molecule has 0 aliphatic carbocycles. The van der Waals surface area contributed by atoms with Crippen molar-refractivity contribution in [3.63, 3.8) is 0 Å². The number of esters is 2. The molecule has 2 fully saturated rings.